The molecule has 0 aliphatic heterocycles. The van der Waals surface area contributed by atoms with Crippen LogP contribution >= 0.6 is 0 Å². The lowest BCUT2D eigenvalue weighted by Crippen LogP contribution is -2.48. The van der Waals surface area contributed by atoms with Crippen LogP contribution in [-0.2, 0) is 14.9 Å². The number of carbonyl (C=O) groups excluding carboxylic acids is 1. The molecule has 0 radical (unpaired) electrons. The second kappa shape index (κ2) is 5.01. The molecule has 1 saturated carbocycles. The third kappa shape index (κ3) is 1.98. The predicted octanol–water partition coefficient (Wildman–Crippen LogP) is 3.01. The van der Waals surface area contributed by atoms with Gasteiger partial charge in [0, 0.05) is 5.41 Å². The van der Waals surface area contributed by atoms with Gasteiger partial charge in [0.25, 0.3) is 0 Å². The first-order valence-electron chi connectivity index (χ1n) is 6.51. The smallest absolute Gasteiger partial charge is 0.309 e. The van der Waals surface area contributed by atoms with Gasteiger partial charge in [0.1, 0.15) is 5.75 Å². The Labute approximate surface area is 108 Å². The summed E-state index contributed by atoms with van der Waals surface area (Å²) in [5.74, 6) is 0.0702. The largest absolute Gasteiger partial charge is 0.508 e. The molecule has 0 saturated heterocycles. The maximum atomic E-state index is 11.9. The number of ether oxygens (including phenoxy) is 1. The fraction of sp³-hybridized carbons (Fsp3) is 0.533. The lowest BCUT2D eigenvalue weighted by atomic mass is 9.54. The van der Waals surface area contributed by atoms with Crippen molar-refractivity contribution in [3.05, 3.63) is 29.8 Å². The van der Waals surface area contributed by atoms with Crippen molar-refractivity contribution in [2.45, 2.75) is 38.0 Å². The summed E-state index contributed by atoms with van der Waals surface area (Å²) in [6, 6.07) is 7.29. The highest BCUT2D eigenvalue weighted by Crippen LogP contribution is 2.52. The van der Waals surface area contributed by atoms with E-state index in [0.29, 0.717) is 0 Å². The highest BCUT2D eigenvalue weighted by atomic mass is 16.5. The highest BCUT2D eigenvalue weighted by Gasteiger charge is 2.51. The summed E-state index contributed by atoms with van der Waals surface area (Å²) in [4.78, 5) is 11.9. The zero-order chi connectivity index (χ0) is 13.2. The van der Waals surface area contributed by atoms with Gasteiger partial charge in [-0.25, -0.2) is 0 Å². The molecule has 1 aromatic rings. The first-order valence-corrected chi connectivity index (χ1v) is 6.51. The molecule has 0 bridgehead atoms. The number of hydrogen-bond acceptors (Lipinski definition) is 3. The number of methoxy groups -OCH3 is 1. The van der Waals surface area contributed by atoms with Gasteiger partial charge < -0.3 is 9.84 Å². The van der Waals surface area contributed by atoms with E-state index in [-0.39, 0.29) is 23.1 Å². The number of phenolic OH excluding ortho intramolecular Hbond substituents is 1. The normalized spacial score (nSPS) is 26.4. The molecule has 1 N–H and O–H groups in total. The third-order valence-corrected chi connectivity index (χ3v) is 4.15. The molecule has 18 heavy (non-hydrogen) atoms. The fourth-order valence-electron chi connectivity index (χ4n) is 3.17. The lowest BCUT2D eigenvalue weighted by molar-refractivity contribution is -0.153. The second-order valence-electron chi connectivity index (χ2n) is 5.07. The van der Waals surface area contributed by atoms with Crippen LogP contribution in [0.1, 0.15) is 38.2 Å². The molecule has 0 unspecified atom stereocenters. The minimum atomic E-state index is -0.138. The van der Waals surface area contributed by atoms with Crippen LogP contribution in [0, 0.1) is 5.92 Å². The van der Waals surface area contributed by atoms with Crippen molar-refractivity contribution >= 4 is 5.97 Å². The molecule has 98 valence electrons. The molecule has 2 atom stereocenters. The van der Waals surface area contributed by atoms with Crippen LogP contribution in [-0.4, -0.2) is 18.2 Å². The second-order valence-corrected chi connectivity index (χ2v) is 5.07. The van der Waals surface area contributed by atoms with Crippen molar-refractivity contribution in [2.75, 3.05) is 7.11 Å². The Kier molecular flexibility index (Phi) is 3.60. The molecule has 0 amide bonds. The van der Waals surface area contributed by atoms with Crippen LogP contribution in [0.2, 0.25) is 0 Å². The molecule has 1 aliphatic carbocycles. The minimum absolute atomic E-state index is 0.0655. The van der Waals surface area contributed by atoms with Gasteiger partial charge in [-0.2, -0.15) is 0 Å². The van der Waals surface area contributed by atoms with E-state index in [1.165, 1.54) is 7.11 Å². The molecule has 0 heterocycles. The van der Waals surface area contributed by atoms with Crippen LogP contribution in [0.15, 0.2) is 24.3 Å². The molecule has 1 aromatic carbocycles. The molecule has 0 spiro atoms. The first kappa shape index (κ1) is 12.9. The number of benzene rings is 1. The molecule has 3 nitrogen and oxygen atoms in total. The average molecular weight is 248 g/mol. The van der Waals surface area contributed by atoms with Gasteiger partial charge >= 0.3 is 5.97 Å². The summed E-state index contributed by atoms with van der Waals surface area (Å²) in [6.07, 6.45) is 3.84. The average Bonchev–Trinajstić information content (AvgIpc) is 2.34. The summed E-state index contributed by atoms with van der Waals surface area (Å²) in [5, 5.41) is 9.63. The van der Waals surface area contributed by atoms with E-state index in [2.05, 4.69) is 6.92 Å². The Morgan fingerprint density at radius 3 is 2.83 bits per heavy atom. The van der Waals surface area contributed by atoms with E-state index in [1.54, 1.807) is 12.1 Å². The van der Waals surface area contributed by atoms with Gasteiger partial charge in [-0.05, 0) is 37.0 Å². The van der Waals surface area contributed by atoms with Crippen LogP contribution in [0.4, 0.5) is 0 Å². The van der Waals surface area contributed by atoms with Gasteiger partial charge in [-0.3, -0.25) is 4.79 Å². The molecule has 0 aromatic heterocycles. The summed E-state index contributed by atoms with van der Waals surface area (Å²) in [5.41, 5.74) is 0.923. The van der Waals surface area contributed by atoms with E-state index in [1.807, 2.05) is 12.1 Å². The molecular formula is C15H20O3. The quantitative estimate of drug-likeness (QED) is 0.833. The predicted molar refractivity (Wildman–Crippen MR) is 69.4 cm³/mol. The summed E-state index contributed by atoms with van der Waals surface area (Å²) >= 11 is 0. The number of aromatic hydroxyl groups is 1. The van der Waals surface area contributed by atoms with Gasteiger partial charge in [0.15, 0.2) is 0 Å². The Morgan fingerprint density at radius 1 is 1.56 bits per heavy atom. The molecule has 1 aliphatic rings. The van der Waals surface area contributed by atoms with E-state index in [4.69, 9.17) is 4.74 Å². The highest BCUT2D eigenvalue weighted by molar-refractivity contribution is 5.76. The Morgan fingerprint density at radius 2 is 2.33 bits per heavy atom. The van der Waals surface area contributed by atoms with Crippen LogP contribution < -0.4 is 0 Å². The zero-order valence-corrected chi connectivity index (χ0v) is 11.0. The van der Waals surface area contributed by atoms with Crippen molar-refractivity contribution in [1.29, 1.82) is 0 Å². The van der Waals surface area contributed by atoms with Crippen molar-refractivity contribution in [3.8, 4) is 5.75 Å². The standard InChI is InChI=1S/C15H20O3/c1-3-8-15(9-7-13(15)14(17)18-2)11-5-4-6-12(16)10-11/h4-6,10,13,16H,3,7-9H2,1-2H3/t13-,15+/m1/s1. The summed E-state index contributed by atoms with van der Waals surface area (Å²) in [7, 11) is 1.44. The van der Waals surface area contributed by atoms with Gasteiger partial charge in [0.2, 0.25) is 0 Å². The first-order chi connectivity index (χ1) is 8.64. The topological polar surface area (TPSA) is 46.5 Å². The van der Waals surface area contributed by atoms with Crippen molar-refractivity contribution in [3.63, 3.8) is 0 Å². The maximum absolute atomic E-state index is 11.9. The van der Waals surface area contributed by atoms with E-state index < -0.39 is 0 Å². The number of phenols is 1. The number of esters is 1. The SMILES string of the molecule is CCC[C@@]1(c2cccc(O)c2)CC[C@@H]1C(=O)OC. The summed E-state index contributed by atoms with van der Waals surface area (Å²) in [6.45, 7) is 2.12. The molecule has 1 fully saturated rings. The van der Waals surface area contributed by atoms with E-state index >= 15 is 0 Å². The number of hydrogen-bond donors (Lipinski definition) is 1. The van der Waals surface area contributed by atoms with Crippen molar-refractivity contribution in [2.24, 2.45) is 5.92 Å². The molecule has 2 rings (SSSR count). The minimum Gasteiger partial charge on any atom is -0.508 e. The zero-order valence-electron chi connectivity index (χ0n) is 11.0. The lowest BCUT2D eigenvalue weighted by Gasteiger charge is -2.48. The van der Waals surface area contributed by atoms with Crippen LogP contribution in [0.3, 0.4) is 0 Å². The molecular weight excluding hydrogens is 228 g/mol. The van der Waals surface area contributed by atoms with E-state index in [9.17, 15) is 9.90 Å². The Bertz CT molecular complexity index is 441. The van der Waals surface area contributed by atoms with Crippen LogP contribution in [0.25, 0.3) is 0 Å². The van der Waals surface area contributed by atoms with Gasteiger partial charge in [-0.15, -0.1) is 0 Å². The Balaban J connectivity index is 2.36. The fourth-order valence-corrected chi connectivity index (χ4v) is 3.17. The third-order valence-electron chi connectivity index (χ3n) is 4.15. The monoisotopic (exact) mass is 248 g/mol. The maximum Gasteiger partial charge on any atom is 0.309 e. The number of rotatable bonds is 4. The van der Waals surface area contributed by atoms with Gasteiger partial charge in [-0.1, -0.05) is 25.5 Å². The van der Waals surface area contributed by atoms with Gasteiger partial charge in [0.05, 0.1) is 13.0 Å². The van der Waals surface area contributed by atoms with Crippen molar-refractivity contribution in [1.82, 2.24) is 0 Å². The number of carbonyl (C=O) groups is 1. The van der Waals surface area contributed by atoms with Crippen LogP contribution in [0.5, 0.6) is 5.75 Å². The van der Waals surface area contributed by atoms with E-state index in [0.717, 1.165) is 31.2 Å². The molecule has 3 heteroatoms. The Hall–Kier alpha value is -1.51. The summed E-state index contributed by atoms with van der Waals surface area (Å²) < 4.78 is 4.91. The van der Waals surface area contributed by atoms with Crippen molar-refractivity contribution < 1.29 is 14.6 Å².